The van der Waals surface area contributed by atoms with Crippen LogP contribution in [0.5, 0.6) is 0 Å². The molecule has 0 saturated carbocycles. The molecule has 0 atom stereocenters. The van der Waals surface area contributed by atoms with E-state index in [0.29, 0.717) is 6.42 Å². The SMILES string of the molecule is CCCCOCCCNCc1ccc(CC(=O)OC)s1. The van der Waals surface area contributed by atoms with E-state index >= 15 is 0 Å². The number of ether oxygens (including phenoxy) is 2. The van der Waals surface area contributed by atoms with Crippen LogP contribution in [0.4, 0.5) is 0 Å². The second-order valence-electron chi connectivity index (χ2n) is 4.62. The minimum absolute atomic E-state index is 0.185. The van der Waals surface area contributed by atoms with Crippen molar-refractivity contribution < 1.29 is 14.3 Å². The summed E-state index contributed by atoms with van der Waals surface area (Å²) in [6.45, 7) is 5.67. The highest BCUT2D eigenvalue weighted by Gasteiger charge is 2.05. The highest BCUT2D eigenvalue weighted by Crippen LogP contribution is 2.17. The zero-order valence-electron chi connectivity index (χ0n) is 12.4. The number of rotatable bonds is 11. The Hall–Kier alpha value is -0.910. The third kappa shape index (κ3) is 7.62. The van der Waals surface area contributed by atoms with Gasteiger partial charge in [-0.2, -0.15) is 0 Å². The van der Waals surface area contributed by atoms with Crippen LogP contribution in [0.2, 0.25) is 0 Å². The van der Waals surface area contributed by atoms with Gasteiger partial charge in [0.05, 0.1) is 13.5 Å². The summed E-state index contributed by atoms with van der Waals surface area (Å²) in [4.78, 5) is 13.5. The topological polar surface area (TPSA) is 47.6 Å². The summed E-state index contributed by atoms with van der Waals surface area (Å²) in [6, 6.07) is 4.06. The highest BCUT2D eigenvalue weighted by molar-refractivity contribution is 7.12. The first-order valence-corrected chi connectivity index (χ1v) is 8.00. The van der Waals surface area contributed by atoms with Crippen LogP contribution in [0.1, 0.15) is 35.9 Å². The molecule has 1 aromatic heterocycles. The van der Waals surface area contributed by atoms with E-state index in [1.165, 1.54) is 18.4 Å². The molecule has 5 heteroatoms. The maximum absolute atomic E-state index is 11.2. The molecule has 0 spiro atoms. The average Bonchev–Trinajstić information content (AvgIpc) is 2.89. The zero-order chi connectivity index (χ0) is 14.6. The lowest BCUT2D eigenvalue weighted by atomic mass is 10.3. The number of methoxy groups -OCH3 is 1. The third-order valence-electron chi connectivity index (χ3n) is 2.85. The average molecular weight is 299 g/mol. The van der Waals surface area contributed by atoms with Gasteiger partial charge in [-0.3, -0.25) is 4.79 Å². The molecule has 0 aromatic carbocycles. The first-order valence-electron chi connectivity index (χ1n) is 7.19. The smallest absolute Gasteiger partial charge is 0.310 e. The molecule has 0 amide bonds. The number of carbonyl (C=O) groups is 1. The van der Waals surface area contributed by atoms with Crippen molar-refractivity contribution in [1.82, 2.24) is 5.32 Å². The molecule has 0 saturated heterocycles. The van der Waals surface area contributed by atoms with Gasteiger partial charge in [0.1, 0.15) is 0 Å². The summed E-state index contributed by atoms with van der Waals surface area (Å²) in [7, 11) is 1.42. The monoisotopic (exact) mass is 299 g/mol. The van der Waals surface area contributed by atoms with E-state index in [4.69, 9.17) is 4.74 Å². The lowest BCUT2D eigenvalue weighted by Crippen LogP contribution is -2.15. The minimum Gasteiger partial charge on any atom is -0.469 e. The number of thiophene rings is 1. The van der Waals surface area contributed by atoms with Gasteiger partial charge >= 0.3 is 5.97 Å². The number of unbranched alkanes of at least 4 members (excludes halogenated alkanes) is 1. The van der Waals surface area contributed by atoms with Crippen LogP contribution in [0, 0.1) is 0 Å². The Morgan fingerprint density at radius 2 is 2.00 bits per heavy atom. The second kappa shape index (κ2) is 10.8. The van der Waals surface area contributed by atoms with Crippen LogP contribution in [-0.4, -0.2) is 32.8 Å². The molecule has 0 radical (unpaired) electrons. The van der Waals surface area contributed by atoms with Crippen molar-refractivity contribution in [3.63, 3.8) is 0 Å². The predicted octanol–water partition coefficient (Wildman–Crippen LogP) is 2.76. The zero-order valence-corrected chi connectivity index (χ0v) is 13.3. The molecule has 20 heavy (non-hydrogen) atoms. The van der Waals surface area contributed by atoms with Crippen molar-refractivity contribution in [2.45, 2.75) is 39.2 Å². The van der Waals surface area contributed by atoms with Crippen LogP contribution in [-0.2, 0) is 27.2 Å². The molecule has 1 aromatic rings. The first-order chi connectivity index (χ1) is 9.76. The molecule has 1 N–H and O–H groups in total. The highest BCUT2D eigenvalue weighted by atomic mass is 32.1. The van der Waals surface area contributed by atoms with Crippen LogP contribution < -0.4 is 5.32 Å². The van der Waals surface area contributed by atoms with Crippen molar-refractivity contribution in [3.05, 3.63) is 21.9 Å². The molecule has 114 valence electrons. The van der Waals surface area contributed by atoms with Crippen molar-refractivity contribution in [1.29, 1.82) is 0 Å². The fraction of sp³-hybridized carbons (Fsp3) is 0.667. The Labute approximate surface area is 125 Å². The van der Waals surface area contributed by atoms with E-state index in [-0.39, 0.29) is 5.97 Å². The standard InChI is InChI=1S/C15H25NO3S/c1-3-4-9-19-10-5-8-16-12-14-7-6-13(20-14)11-15(17)18-2/h6-7,16H,3-5,8-12H2,1-2H3. The van der Waals surface area contributed by atoms with Gasteiger partial charge in [0.15, 0.2) is 0 Å². The number of hydrogen-bond donors (Lipinski definition) is 1. The first kappa shape index (κ1) is 17.1. The normalized spacial score (nSPS) is 10.7. The summed E-state index contributed by atoms with van der Waals surface area (Å²) in [5.74, 6) is -0.185. The number of hydrogen-bond acceptors (Lipinski definition) is 5. The maximum atomic E-state index is 11.2. The van der Waals surface area contributed by atoms with E-state index in [9.17, 15) is 4.79 Å². The van der Waals surface area contributed by atoms with E-state index < -0.39 is 0 Å². The largest absolute Gasteiger partial charge is 0.469 e. The molecular formula is C15H25NO3S. The summed E-state index contributed by atoms with van der Waals surface area (Å²) >= 11 is 1.66. The van der Waals surface area contributed by atoms with Crippen LogP contribution in [0.15, 0.2) is 12.1 Å². The molecule has 4 nitrogen and oxygen atoms in total. The van der Waals surface area contributed by atoms with Gasteiger partial charge in [-0.1, -0.05) is 13.3 Å². The van der Waals surface area contributed by atoms with Crippen LogP contribution >= 0.6 is 11.3 Å². The summed E-state index contributed by atoms with van der Waals surface area (Å²) in [5.41, 5.74) is 0. The summed E-state index contributed by atoms with van der Waals surface area (Å²) in [6.07, 6.45) is 3.73. The third-order valence-corrected chi connectivity index (χ3v) is 3.93. The fourth-order valence-corrected chi connectivity index (χ4v) is 2.66. The van der Waals surface area contributed by atoms with Gasteiger partial charge in [0.2, 0.25) is 0 Å². The van der Waals surface area contributed by atoms with Gasteiger partial charge in [0, 0.05) is 29.5 Å². The van der Waals surface area contributed by atoms with Gasteiger partial charge in [-0.15, -0.1) is 11.3 Å². The fourth-order valence-electron chi connectivity index (χ4n) is 1.69. The van der Waals surface area contributed by atoms with Crippen molar-refractivity contribution >= 4 is 17.3 Å². The van der Waals surface area contributed by atoms with Crippen LogP contribution in [0.25, 0.3) is 0 Å². The lowest BCUT2D eigenvalue weighted by molar-refractivity contribution is -0.139. The molecule has 1 rings (SSSR count). The Morgan fingerprint density at radius 1 is 1.25 bits per heavy atom. The number of nitrogens with one attached hydrogen (secondary N) is 1. The Bertz CT molecular complexity index is 379. The van der Waals surface area contributed by atoms with Gasteiger partial charge in [0.25, 0.3) is 0 Å². The lowest BCUT2D eigenvalue weighted by Gasteiger charge is -2.04. The number of esters is 1. The molecule has 0 aliphatic heterocycles. The molecule has 0 aliphatic carbocycles. The summed E-state index contributed by atoms with van der Waals surface area (Å²) < 4.78 is 10.2. The molecular weight excluding hydrogens is 274 g/mol. The molecule has 0 fully saturated rings. The van der Waals surface area contributed by atoms with E-state index in [2.05, 4.69) is 23.0 Å². The maximum Gasteiger partial charge on any atom is 0.310 e. The minimum atomic E-state index is -0.185. The van der Waals surface area contributed by atoms with Crippen molar-refractivity contribution in [2.75, 3.05) is 26.9 Å². The molecule has 0 aliphatic rings. The Kier molecular flexibility index (Phi) is 9.28. The molecule has 0 unspecified atom stereocenters. The molecule has 1 heterocycles. The van der Waals surface area contributed by atoms with E-state index in [1.54, 1.807) is 11.3 Å². The van der Waals surface area contributed by atoms with E-state index in [0.717, 1.165) is 44.0 Å². The second-order valence-corrected chi connectivity index (χ2v) is 5.87. The van der Waals surface area contributed by atoms with Crippen LogP contribution in [0.3, 0.4) is 0 Å². The number of carbonyl (C=O) groups excluding carboxylic acids is 1. The molecule has 0 bridgehead atoms. The predicted molar refractivity (Wildman–Crippen MR) is 82.1 cm³/mol. The Morgan fingerprint density at radius 3 is 2.75 bits per heavy atom. The quantitative estimate of drug-likeness (QED) is 0.504. The Balaban J connectivity index is 2.06. The van der Waals surface area contributed by atoms with Gasteiger partial charge in [-0.25, -0.2) is 0 Å². The van der Waals surface area contributed by atoms with Gasteiger partial charge in [-0.05, 0) is 31.5 Å². The van der Waals surface area contributed by atoms with Crippen molar-refractivity contribution in [2.24, 2.45) is 0 Å². The van der Waals surface area contributed by atoms with Crippen molar-refractivity contribution in [3.8, 4) is 0 Å². The summed E-state index contributed by atoms with van der Waals surface area (Å²) in [5, 5.41) is 3.39. The van der Waals surface area contributed by atoms with E-state index in [1.807, 2.05) is 6.07 Å². The van der Waals surface area contributed by atoms with Gasteiger partial charge < -0.3 is 14.8 Å².